The summed E-state index contributed by atoms with van der Waals surface area (Å²) in [7, 11) is 0. The summed E-state index contributed by atoms with van der Waals surface area (Å²) in [5, 5.41) is 0. The van der Waals surface area contributed by atoms with Gasteiger partial charge in [0.15, 0.2) is 5.78 Å². The van der Waals surface area contributed by atoms with Crippen LogP contribution in [0.2, 0.25) is 0 Å². The maximum Gasteiger partial charge on any atom is 0.182 e. The molecule has 1 atom stereocenters. The van der Waals surface area contributed by atoms with Crippen LogP contribution in [0.15, 0.2) is 36.5 Å². The van der Waals surface area contributed by atoms with E-state index in [1.807, 2.05) is 19.2 Å². The van der Waals surface area contributed by atoms with Crippen molar-refractivity contribution in [3.63, 3.8) is 0 Å². The third-order valence-corrected chi connectivity index (χ3v) is 3.59. The largest absolute Gasteiger partial charge is 0.334 e. The van der Waals surface area contributed by atoms with Gasteiger partial charge in [-0.05, 0) is 12.0 Å². The van der Waals surface area contributed by atoms with Gasteiger partial charge >= 0.3 is 0 Å². The summed E-state index contributed by atoms with van der Waals surface area (Å²) in [6.45, 7) is 2.83. The number of hydrogen-bond acceptors (Lipinski definition) is 2. The molecule has 0 N–H and O–H groups in total. The maximum atomic E-state index is 11.7. The molecule has 0 radical (unpaired) electrons. The molecule has 92 valence electrons. The smallest absolute Gasteiger partial charge is 0.182 e. The van der Waals surface area contributed by atoms with Gasteiger partial charge in [-0.15, -0.1) is 0 Å². The number of carbonyl (C=O) groups excluding carboxylic acids is 1. The molecule has 18 heavy (non-hydrogen) atoms. The first kappa shape index (κ1) is 11.2. The van der Waals surface area contributed by atoms with Gasteiger partial charge < -0.3 is 4.57 Å². The Morgan fingerprint density at radius 2 is 2.17 bits per heavy atom. The zero-order chi connectivity index (χ0) is 12.5. The van der Waals surface area contributed by atoms with E-state index in [2.05, 4.69) is 33.8 Å². The van der Waals surface area contributed by atoms with Crippen LogP contribution >= 0.6 is 0 Å². The van der Waals surface area contributed by atoms with Gasteiger partial charge in [0.25, 0.3) is 0 Å². The fourth-order valence-electron chi connectivity index (χ4n) is 2.60. The van der Waals surface area contributed by atoms with Crippen LogP contribution in [0.4, 0.5) is 0 Å². The van der Waals surface area contributed by atoms with Gasteiger partial charge in [0.2, 0.25) is 0 Å². The minimum atomic E-state index is 0.128. The minimum Gasteiger partial charge on any atom is -0.334 e. The lowest BCUT2D eigenvalue weighted by atomic mass is 9.97. The summed E-state index contributed by atoms with van der Waals surface area (Å²) < 4.78 is 2.13. The Morgan fingerprint density at radius 1 is 1.39 bits per heavy atom. The van der Waals surface area contributed by atoms with Crippen LogP contribution in [0.5, 0.6) is 0 Å². The fourth-order valence-corrected chi connectivity index (χ4v) is 2.60. The molecule has 1 aliphatic rings. The number of ketones is 1. The first-order valence-electron chi connectivity index (χ1n) is 6.44. The van der Waals surface area contributed by atoms with E-state index in [-0.39, 0.29) is 5.78 Å². The molecule has 1 aromatic carbocycles. The third kappa shape index (κ3) is 1.76. The predicted octanol–water partition coefficient (Wildman–Crippen LogP) is 3.01. The molecule has 0 amide bonds. The van der Waals surface area contributed by atoms with Gasteiger partial charge in [0, 0.05) is 25.1 Å². The van der Waals surface area contributed by atoms with Crippen molar-refractivity contribution >= 4 is 5.78 Å². The lowest BCUT2D eigenvalue weighted by Crippen LogP contribution is -2.01. The van der Waals surface area contributed by atoms with Crippen molar-refractivity contribution in [3.8, 4) is 0 Å². The molecule has 0 aliphatic carbocycles. The van der Waals surface area contributed by atoms with Crippen molar-refractivity contribution in [1.29, 1.82) is 0 Å². The first-order valence-corrected chi connectivity index (χ1v) is 6.44. The average molecular weight is 240 g/mol. The zero-order valence-corrected chi connectivity index (χ0v) is 10.5. The molecular formula is C15H16N2O. The van der Waals surface area contributed by atoms with E-state index < -0.39 is 0 Å². The first-order chi connectivity index (χ1) is 8.79. The molecule has 3 rings (SSSR count). The number of benzene rings is 1. The van der Waals surface area contributed by atoms with Gasteiger partial charge in [-0.1, -0.05) is 37.3 Å². The highest BCUT2D eigenvalue weighted by atomic mass is 16.1. The molecule has 0 saturated heterocycles. The second kappa shape index (κ2) is 4.41. The standard InChI is InChI=1S/C15H16N2O/c1-2-14(18)13-10-17-9-8-12(15(17)16-13)11-6-4-3-5-7-11/h3-7,10,12H,2,8-9H2,1H3. The number of rotatable bonds is 3. The van der Waals surface area contributed by atoms with E-state index in [0.717, 1.165) is 18.8 Å². The van der Waals surface area contributed by atoms with Crippen LogP contribution in [0.1, 0.15) is 47.6 Å². The molecular weight excluding hydrogens is 224 g/mol. The van der Waals surface area contributed by atoms with Gasteiger partial charge in [-0.3, -0.25) is 4.79 Å². The van der Waals surface area contributed by atoms with Gasteiger partial charge in [-0.25, -0.2) is 4.98 Å². The van der Waals surface area contributed by atoms with Crippen LogP contribution in [0, 0.1) is 0 Å². The number of aromatic nitrogens is 2. The summed E-state index contributed by atoms with van der Waals surface area (Å²) in [6, 6.07) is 10.4. The molecule has 0 saturated carbocycles. The summed E-state index contributed by atoms with van der Waals surface area (Å²) >= 11 is 0. The number of aryl methyl sites for hydroxylation is 1. The molecule has 1 aromatic heterocycles. The molecule has 2 heterocycles. The van der Waals surface area contributed by atoms with Crippen molar-refractivity contribution in [1.82, 2.24) is 9.55 Å². The zero-order valence-electron chi connectivity index (χ0n) is 10.5. The fraction of sp³-hybridized carbons (Fsp3) is 0.333. The predicted molar refractivity (Wildman–Crippen MR) is 69.8 cm³/mol. The highest BCUT2D eigenvalue weighted by molar-refractivity contribution is 5.93. The van der Waals surface area contributed by atoms with E-state index in [9.17, 15) is 4.79 Å². The second-order valence-electron chi connectivity index (χ2n) is 4.71. The van der Waals surface area contributed by atoms with Crippen LogP contribution < -0.4 is 0 Å². The van der Waals surface area contributed by atoms with Crippen molar-refractivity contribution in [2.24, 2.45) is 0 Å². The highest BCUT2D eigenvalue weighted by Gasteiger charge is 2.27. The summed E-state index contributed by atoms with van der Waals surface area (Å²) in [4.78, 5) is 16.2. The summed E-state index contributed by atoms with van der Waals surface area (Å²) in [5.74, 6) is 1.51. The molecule has 2 aromatic rings. The van der Waals surface area contributed by atoms with E-state index in [1.165, 1.54) is 5.56 Å². The number of nitrogens with zero attached hydrogens (tertiary/aromatic N) is 2. The number of carbonyl (C=O) groups is 1. The number of Topliss-reactive ketones (excluding diaryl/α,β-unsaturated/α-hetero) is 1. The Labute approximate surface area is 106 Å². The lowest BCUT2D eigenvalue weighted by molar-refractivity contribution is 0.0983. The Morgan fingerprint density at radius 3 is 2.89 bits per heavy atom. The van der Waals surface area contributed by atoms with E-state index in [0.29, 0.717) is 18.0 Å². The normalized spacial score (nSPS) is 17.7. The molecule has 1 unspecified atom stereocenters. The molecule has 0 spiro atoms. The third-order valence-electron chi connectivity index (χ3n) is 3.59. The monoisotopic (exact) mass is 240 g/mol. The van der Waals surface area contributed by atoms with Crippen molar-refractivity contribution in [2.45, 2.75) is 32.2 Å². The molecule has 1 aliphatic heterocycles. The maximum absolute atomic E-state index is 11.7. The molecule has 3 nitrogen and oxygen atoms in total. The summed E-state index contributed by atoms with van der Waals surface area (Å²) in [5.41, 5.74) is 1.91. The quantitative estimate of drug-likeness (QED) is 0.773. The Hall–Kier alpha value is -1.90. The summed E-state index contributed by atoms with van der Waals surface area (Å²) in [6.07, 6.45) is 3.50. The molecule has 0 bridgehead atoms. The SMILES string of the molecule is CCC(=O)c1cn2c(n1)C(c1ccccc1)CC2. The van der Waals surface area contributed by atoms with Crippen LogP contribution in [-0.4, -0.2) is 15.3 Å². The topological polar surface area (TPSA) is 34.9 Å². The number of hydrogen-bond donors (Lipinski definition) is 0. The lowest BCUT2D eigenvalue weighted by Gasteiger charge is -2.07. The van der Waals surface area contributed by atoms with Gasteiger partial charge in [-0.2, -0.15) is 0 Å². The Kier molecular flexibility index (Phi) is 2.74. The minimum absolute atomic E-state index is 0.128. The van der Waals surface area contributed by atoms with Crippen molar-refractivity contribution in [2.75, 3.05) is 0 Å². The van der Waals surface area contributed by atoms with E-state index in [1.54, 1.807) is 0 Å². The van der Waals surface area contributed by atoms with Crippen LogP contribution in [-0.2, 0) is 6.54 Å². The highest BCUT2D eigenvalue weighted by Crippen LogP contribution is 2.33. The Bertz CT molecular complexity index is 571. The van der Waals surface area contributed by atoms with Crippen molar-refractivity contribution < 1.29 is 4.79 Å². The number of fused-ring (bicyclic) bond motifs is 1. The average Bonchev–Trinajstić information content (AvgIpc) is 2.98. The van der Waals surface area contributed by atoms with Gasteiger partial charge in [0.1, 0.15) is 11.5 Å². The van der Waals surface area contributed by atoms with Crippen LogP contribution in [0.25, 0.3) is 0 Å². The van der Waals surface area contributed by atoms with Crippen molar-refractivity contribution in [3.05, 3.63) is 53.6 Å². The second-order valence-corrected chi connectivity index (χ2v) is 4.71. The van der Waals surface area contributed by atoms with E-state index >= 15 is 0 Å². The number of imidazole rings is 1. The Balaban J connectivity index is 1.97. The molecule has 3 heteroatoms. The molecule has 0 fully saturated rings. The van der Waals surface area contributed by atoms with Crippen LogP contribution in [0.3, 0.4) is 0 Å². The van der Waals surface area contributed by atoms with E-state index in [4.69, 9.17) is 0 Å². The van der Waals surface area contributed by atoms with Gasteiger partial charge in [0.05, 0.1) is 0 Å².